The number of aryl methyl sites for hydroxylation is 1. The molecule has 0 bridgehead atoms. The van der Waals surface area contributed by atoms with E-state index in [1.165, 1.54) is 13.3 Å². The molecule has 0 unspecified atom stereocenters. The lowest BCUT2D eigenvalue weighted by molar-refractivity contribution is -0.387. The Morgan fingerprint density at radius 1 is 1.24 bits per heavy atom. The summed E-state index contributed by atoms with van der Waals surface area (Å²) in [5.74, 6) is -0.878. The molecule has 33 heavy (non-hydrogen) atoms. The second kappa shape index (κ2) is 8.29. The van der Waals surface area contributed by atoms with Crippen LogP contribution in [0.2, 0.25) is 0 Å². The minimum absolute atomic E-state index is 0.0501. The molecule has 2 aromatic carbocycles. The molecule has 9 nitrogen and oxygen atoms in total. The summed E-state index contributed by atoms with van der Waals surface area (Å²) in [5, 5.41) is 15.5. The summed E-state index contributed by atoms with van der Waals surface area (Å²) in [6.45, 7) is 3.28. The van der Waals surface area contributed by atoms with E-state index < -0.39 is 23.6 Å². The smallest absolute Gasteiger partial charge is 0.307 e. The van der Waals surface area contributed by atoms with Gasteiger partial charge in [0.25, 0.3) is 0 Å². The summed E-state index contributed by atoms with van der Waals surface area (Å²) < 4.78 is 34.2. The number of nitrogens with one attached hydrogen (secondary N) is 1. The van der Waals surface area contributed by atoms with E-state index in [2.05, 4.69) is 15.3 Å². The van der Waals surface area contributed by atoms with Gasteiger partial charge in [-0.1, -0.05) is 18.2 Å². The molecule has 0 radical (unpaired) electrons. The second-order valence-corrected chi connectivity index (χ2v) is 11.0. The van der Waals surface area contributed by atoms with Crippen LogP contribution in [0.25, 0.3) is 22.2 Å². The zero-order valence-corrected chi connectivity index (χ0v) is 19.3. The van der Waals surface area contributed by atoms with E-state index in [1.54, 1.807) is 13.3 Å². The number of methoxy groups -OCH3 is 1. The zero-order valence-electron chi connectivity index (χ0n) is 18.4. The van der Waals surface area contributed by atoms with E-state index in [-0.39, 0.29) is 17.4 Å². The molecule has 0 aliphatic heterocycles. The molecular weight excluding hydrogens is 448 g/mol. The van der Waals surface area contributed by atoms with Crippen LogP contribution in [0, 0.1) is 15.9 Å². The standard InChI is InChI=1S/C22H21FN5O4P/c1-27-12-14(13-7-5-6-8-17(13)27)21-20(33(3,4)31)11-24-22(26-21)25-16-10-18(28(29)30)15(23)9-19(16)32-2/h5-12H,1-4H3,(H,24,25,26). The molecule has 0 aliphatic rings. The number of benzene rings is 2. The monoisotopic (exact) mass is 469 g/mol. The van der Waals surface area contributed by atoms with Crippen LogP contribution in [-0.2, 0) is 11.6 Å². The number of anilines is 2. The van der Waals surface area contributed by atoms with Crippen LogP contribution in [0.4, 0.5) is 21.7 Å². The van der Waals surface area contributed by atoms with Crippen molar-refractivity contribution < 1.29 is 18.6 Å². The van der Waals surface area contributed by atoms with Gasteiger partial charge in [-0.15, -0.1) is 0 Å². The van der Waals surface area contributed by atoms with Crippen molar-refractivity contribution in [2.75, 3.05) is 25.8 Å². The predicted molar refractivity (Wildman–Crippen MR) is 126 cm³/mol. The van der Waals surface area contributed by atoms with Gasteiger partial charge in [0.05, 0.1) is 28.7 Å². The summed E-state index contributed by atoms with van der Waals surface area (Å²) in [5.41, 5.74) is 1.64. The van der Waals surface area contributed by atoms with E-state index in [4.69, 9.17) is 4.74 Å². The Hall–Kier alpha value is -3.78. The van der Waals surface area contributed by atoms with Crippen LogP contribution >= 0.6 is 7.14 Å². The summed E-state index contributed by atoms with van der Waals surface area (Å²) in [6, 6.07) is 9.70. The molecule has 0 atom stereocenters. The van der Waals surface area contributed by atoms with Gasteiger partial charge in [-0.05, 0) is 19.4 Å². The number of rotatable bonds is 6. The third-order valence-corrected chi connectivity index (χ3v) is 6.70. The van der Waals surface area contributed by atoms with Gasteiger partial charge >= 0.3 is 5.69 Å². The van der Waals surface area contributed by atoms with Gasteiger partial charge in [0.1, 0.15) is 12.9 Å². The van der Waals surface area contributed by atoms with E-state index in [9.17, 15) is 19.1 Å². The minimum atomic E-state index is -2.76. The van der Waals surface area contributed by atoms with Crippen molar-refractivity contribution >= 4 is 40.7 Å². The van der Waals surface area contributed by atoms with Gasteiger partial charge in [-0.2, -0.15) is 4.39 Å². The Labute approximate surface area is 188 Å². The maximum Gasteiger partial charge on any atom is 0.307 e. The molecule has 1 N–H and O–H groups in total. The molecule has 170 valence electrons. The molecule has 0 saturated heterocycles. The fraction of sp³-hybridized carbons (Fsp3) is 0.182. The highest BCUT2D eigenvalue weighted by molar-refractivity contribution is 7.70. The summed E-state index contributed by atoms with van der Waals surface area (Å²) >= 11 is 0. The highest BCUT2D eigenvalue weighted by atomic mass is 31.2. The van der Waals surface area contributed by atoms with Crippen molar-refractivity contribution in [3.63, 3.8) is 0 Å². The lowest BCUT2D eigenvalue weighted by atomic mass is 10.1. The topological polar surface area (TPSA) is 112 Å². The van der Waals surface area contributed by atoms with Crippen molar-refractivity contribution in [1.29, 1.82) is 0 Å². The van der Waals surface area contributed by atoms with Gasteiger partial charge < -0.3 is 19.2 Å². The normalized spacial score (nSPS) is 11.5. The second-order valence-electron chi connectivity index (χ2n) is 7.84. The maximum absolute atomic E-state index is 14.0. The first-order valence-electron chi connectivity index (χ1n) is 9.86. The number of nitrogens with zero attached hydrogens (tertiary/aromatic N) is 4. The SMILES string of the molecule is COc1cc(F)c([N+](=O)[O-])cc1Nc1ncc(P(C)(C)=O)c(-c2cn(C)c3ccccc23)n1. The first kappa shape index (κ1) is 22.4. The predicted octanol–water partition coefficient (Wildman–Crippen LogP) is 4.68. The van der Waals surface area contributed by atoms with Crippen molar-refractivity contribution in [3.8, 4) is 17.0 Å². The van der Waals surface area contributed by atoms with Crippen LogP contribution in [0.5, 0.6) is 5.75 Å². The van der Waals surface area contributed by atoms with Crippen molar-refractivity contribution in [3.05, 3.63) is 64.7 Å². The van der Waals surface area contributed by atoms with Crippen molar-refractivity contribution in [2.45, 2.75) is 0 Å². The highest BCUT2D eigenvalue weighted by Crippen LogP contribution is 2.41. The number of para-hydroxylation sites is 1. The largest absolute Gasteiger partial charge is 0.494 e. The molecule has 0 spiro atoms. The number of hydrogen-bond acceptors (Lipinski definition) is 7. The van der Waals surface area contributed by atoms with Crippen LogP contribution in [0.15, 0.2) is 48.8 Å². The first-order chi connectivity index (χ1) is 15.6. The third-order valence-electron chi connectivity index (χ3n) is 5.21. The quantitative estimate of drug-likeness (QED) is 0.248. The summed E-state index contributed by atoms with van der Waals surface area (Å²) in [4.78, 5) is 19.2. The molecule has 0 fully saturated rings. The molecule has 0 aliphatic carbocycles. The number of halogens is 1. The zero-order chi connectivity index (χ0) is 23.9. The van der Waals surface area contributed by atoms with Crippen molar-refractivity contribution in [1.82, 2.24) is 14.5 Å². The maximum atomic E-state index is 14.0. The van der Waals surface area contributed by atoms with Gasteiger partial charge in [-0.25, -0.2) is 9.97 Å². The van der Waals surface area contributed by atoms with E-state index >= 15 is 0 Å². The van der Waals surface area contributed by atoms with Gasteiger partial charge in [0, 0.05) is 48.0 Å². The average molecular weight is 469 g/mol. The summed E-state index contributed by atoms with van der Waals surface area (Å²) in [7, 11) is 0.469. The van der Waals surface area contributed by atoms with Gasteiger partial charge in [0.2, 0.25) is 11.8 Å². The molecule has 2 heterocycles. The van der Waals surface area contributed by atoms with Crippen LogP contribution in [-0.4, -0.2) is 39.9 Å². The number of hydrogen-bond donors (Lipinski definition) is 1. The highest BCUT2D eigenvalue weighted by Gasteiger charge is 2.24. The Bertz CT molecular complexity index is 1450. The van der Waals surface area contributed by atoms with Crippen molar-refractivity contribution in [2.24, 2.45) is 7.05 Å². The molecule has 4 aromatic rings. The Balaban J connectivity index is 1.89. The van der Waals surface area contributed by atoms with Crippen LogP contribution in [0.1, 0.15) is 0 Å². The number of ether oxygens (including phenoxy) is 1. The van der Waals surface area contributed by atoms with E-state index in [1.807, 2.05) is 42.1 Å². The molecule has 11 heteroatoms. The lowest BCUT2D eigenvalue weighted by Gasteiger charge is -2.15. The first-order valence-corrected chi connectivity index (χ1v) is 12.5. The van der Waals surface area contributed by atoms with Gasteiger partial charge in [0.15, 0.2) is 0 Å². The lowest BCUT2D eigenvalue weighted by Crippen LogP contribution is -2.13. The number of nitro groups is 1. The Morgan fingerprint density at radius 3 is 2.64 bits per heavy atom. The number of fused-ring (bicyclic) bond motifs is 1. The fourth-order valence-electron chi connectivity index (χ4n) is 3.63. The molecular formula is C22H21FN5O4P. The molecule has 0 amide bonds. The van der Waals surface area contributed by atoms with Crippen LogP contribution < -0.4 is 15.4 Å². The number of aromatic nitrogens is 3. The van der Waals surface area contributed by atoms with E-state index in [0.717, 1.165) is 28.6 Å². The van der Waals surface area contributed by atoms with Crippen LogP contribution in [0.3, 0.4) is 0 Å². The Kier molecular flexibility index (Phi) is 5.63. The van der Waals surface area contributed by atoms with Gasteiger partial charge in [-0.3, -0.25) is 10.1 Å². The molecule has 2 aromatic heterocycles. The Morgan fingerprint density at radius 2 is 1.97 bits per heavy atom. The summed E-state index contributed by atoms with van der Waals surface area (Å²) in [6.07, 6.45) is 3.39. The molecule has 4 rings (SSSR count). The average Bonchev–Trinajstić information content (AvgIpc) is 3.10. The third kappa shape index (κ3) is 4.17. The molecule has 0 saturated carbocycles. The van der Waals surface area contributed by atoms with E-state index in [0.29, 0.717) is 11.0 Å². The number of nitro benzene ring substituents is 1. The fourth-order valence-corrected chi connectivity index (χ4v) is 4.65. The minimum Gasteiger partial charge on any atom is -0.494 e.